The molecule has 1 unspecified atom stereocenters. The predicted molar refractivity (Wildman–Crippen MR) is 161 cm³/mol. The zero-order chi connectivity index (χ0) is 31.6. The number of benzene rings is 1. The van der Waals surface area contributed by atoms with Crippen LogP contribution in [0.15, 0.2) is 35.5 Å². The highest BCUT2D eigenvalue weighted by atomic mass is 32.2. The number of alkyl halides is 3. The number of carbonyl (C=O) groups is 2. The second kappa shape index (κ2) is 12.8. The number of ether oxygens (including phenoxy) is 1. The summed E-state index contributed by atoms with van der Waals surface area (Å²) in [5, 5.41) is 15.5. The number of likely N-dealkylation sites (tertiary alicyclic amines) is 1. The third kappa shape index (κ3) is 8.14. The number of hydrogen-bond acceptors (Lipinski definition) is 9. The van der Waals surface area contributed by atoms with Crippen LogP contribution in [-0.2, 0) is 4.79 Å². The van der Waals surface area contributed by atoms with Crippen LogP contribution in [0.1, 0.15) is 61.1 Å². The van der Waals surface area contributed by atoms with Gasteiger partial charge in [0.2, 0.25) is 0 Å². The summed E-state index contributed by atoms with van der Waals surface area (Å²) >= 11 is 1.41. The molecular weight excluding hydrogens is 597 g/mol. The Morgan fingerprint density at radius 1 is 1.16 bits per heavy atom. The Kier molecular flexibility index (Phi) is 9.30. The van der Waals surface area contributed by atoms with Crippen molar-refractivity contribution in [2.24, 2.45) is 11.3 Å². The Hall–Kier alpha value is -3.52. The molecule has 5 rings (SSSR count). The van der Waals surface area contributed by atoms with Crippen molar-refractivity contribution in [3.63, 3.8) is 0 Å². The monoisotopic (exact) mass is 634 g/mol. The lowest BCUT2D eigenvalue weighted by Crippen LogP contribution is -2.41. The van der Waals surface area contributed by atoms with Crippen LogP contribution < -0.4 is 20.3 Å². The van der Waals surface area contributed by atoms with Crippen molar-refractivity contribution < 1.29 is 32.6 Å². The van der Waals surface area contributed by atoms with Gasteiger partial charge in [0.1, 0.15) is 17.3 Å². The van der Waals surface area contributed by atoms with Crippen molar-refractivity contribution >= 4 is 35.2 Å². The lowest BCUT2D eigenvalue weighted by molar-refractivity contribution is -0.274. The maximum Gasteiger partial charge on any atom is 0.573 e. The summed E-state index contributed by atoms with van der Waals surface area (Å²) < 4.78 is 43.3. The highest BCUT2D eigenvalue weighted by Crippen LogP contribution is 2.39. The fourth-order valence-electron chi connectivity index (χ4n) is 5.99. The fraction of sp³-hybridized carbons (Fsp3) is 0.533. The van der Waals surface area contributed by atoms with Gasteiger partial charge in [0.15, 0.2) is 5.50 Å². The van der Waals surface area contributed by atoms with Gasteiger partial charge in [-0.1, -0.05) is 25.6 Å². The SMILES string of the molecule is Cc1cc(OC(F)(F)F)cc(C2=C(CN3CCCC(C)(C)C3)SC(NC(=O)c3cnc(N4CCC(C(=O)O)CC4)cn3)N2)c1. The average molecular weight is 635 g/mol. The molecule has 1 aromatic carbocycles. The van der Waals surface area contributed by atoms with Gasteiger partial charge in [0, 0.05) is 36.6 Å². The molecule has 44 heavy (non-hydrogen) atoms. The van der Waals surface area contributed by atoms with E-state index in [9.17, 15) is 27.9 Å². The van der Waals surface area contributed by atoms with Crippen LogP contribution in [-0.4, -0.2) is 76.4 Å². The molecule has 2 fully saturated rings. The normalized spacial score (nSPS) is 21.2. The number of rotatable bonds is 8. The molecule has 2 aromatic rings. The molecule has 4 heterocycles. The number of amides is 1. The van der Waals surface area contributed by atoms with Crippen molar-refractivity contribution in [1.29, 1.82) is 0 Å². The molecule has 0 bridgehead atoms. The number of halogens is 3. The summed E-state index contributed by atoms with van der Waals surface area (Å²) in [6, 6.07) is 4.49. The van der Waals surface area contributed by atoms with Gasteiger partial charge in [-0.25, -0.2) is 9.97 Å². The number of thioether (sulfide) groups is 1. The van der Waals surface area contributed by atoms with Crippen LogP contribution >= 0.6 is 11.8 Å². The number of nitrogens with one attached hydrogen (secondary N) is 2. The minimum absolute atomic E-state index is 0.112. The van der Waals surface area contributed by atoms with Gasteiger partial charge in [0.05, 0.1) is 24.0 Å². The highest BCUT2D eigenvalue weighted by Gasteiger charge is 2.34. The number of nitrogens with zero attached hydrogens (tertiary/aromatic N) is 4. The van der Waals surface area contributed by atoms with Crippen LogP contribution in [0, 0.1) is 18.3 Å². The minimum Gasteiger partial charge on any atom is -0.481 e. The largest absolute Gasteiger partial charge is 0.573 e. The smallest absolute Gasteiger partial charge is 0.481 e. The topological polar surface area (TPSA) is 120 Å². The second-order valence-corrected chi connectivity index (χ2v) is 13.5. The Balaban J connectivity index is 1.30. The molecule has 238 valence electrons. The molecule has 3 aliphatic heterocycles. The Morgan fingerprint density at radius 2 is 1.91 bits per heavy atom. The van der Waals surface area contributed by atoms with Crippen molar-refractivity contribution in [3.8, 4) is 5.75 Å². The summed E-state index contributed by atoms with van der Waals surface area (Å²) in [6.45, 7) is 9.61. The first-order valence-corrected chi connectivity index (χ1v) is 15.5. The number of aliphatic carboxylic acids is 1. The first kappa shape index (κ1) is 31.9. The molecule has 2 saturated heterocycles. The van der Waals surface area contributed by atoms with E-state index in [0.29, 0.717) is 55.1 Å². The van der Waals surface area contributed by atoms with Crippen molar-refractivity contribution in [2.75, 3.05) is 37.6 Å². The van der Waals surface area contributed by atoms with E-state index in [0.717, 1.165) is 30.8 Å². The average Bonchev–Trinajstić information content (AvgIpc) is 3.33. The zero-order valence-corrected chi connectivity index (χ0v) is 25.7. The second-order valence-electron chi connectivity index (χ2n) is 12.3. The Labute approximate surface area is 258 Å². The van der Waals surface area contributed by atoms with E-state index >= 15 is 0 Å². The molecule has 14 heteroatoms. The van der Waals surface area contributed by atoms with Gasteiger partial charge in [0.25, 0.3) is 5.91 Å². The lowest BCUT2D eigenvalue weighted by atomic mass is 9.84. The van der Waals surface area contributed by atoms with Gasteiger partial charge in [-0.15, -0.1) is 13.2 Å². The van der Waals surface area contributed by atoms with Crippen LogP contribution in [0.25, 0.3) is 5.70 Å². The van der Waals surface area contributed by atoms with E-state index in [4.69, 9.17) is 0 Å². The third-order valence-corrected chi connectivity index (χ3v) is 9.12. The molecule has 3 aliphatic rings. The minimum atomic E-state index is -4.82. The van der Waals surface area contributed by atoms with Crippen LogP contribution in [0.5, 0.6) is 5.75 Å². The van der Waals surface area contributed by atoms with Crippen molar-refractivity contribution in [2.45, 2.75) is 58.3 Å². The summed E-state index contributed by atoms with van der Waals surface area (Å²) in [5.74, 6) is -1.34. The van der Waals surface area contributed by atoms with Crippen molar-refractivity contribution in [3.05, 3.63) is 52.3 Å². The number of carboxylic acids is 1. The number of carbonyl (C=O) groups excluding carboxylic acids is 1. The van der Waals surface area contributed by atoms with E-state index in [-0.39, 0.29) is 22.8 Å². The van der Waals surface area contributed by atoms with Crippen LogP contribution in [0.4, 0.5) is 19.0 Å². The standard InChI is InChI=1S/C30H37F3N6O4S/c1-18-11-20(13-21(12-18)43-30(31,32)33)25-23(16-38-8-4-7-29(2,3)17-38)44-28(36-25)37-26(40)22-14-35-24(15-34-22)39-9-5-19(6-10-39)27(41)42/h11-15,19,28,36H,4-10,16-17H2,1-3H3,(H,37,40)(H,41,42). The Morgan fingerprint density at radius 3 is 2.55 bits per heavy atom. The molecule has 3 N–H and O–H groups in total. The van der Waals surface area contributed by atoms with Crippen LogP contribution in [0.3, 0.4) is 0 Å². The lowest BCUT2D eigenvalue weighted by Gasteiger charge is -2.38. The van der Waals surface area contributed by atoms with Gasteiger partial charge < -0.3 is 25.4 Å². The molecule has 0 saturated carbocycles. The van der Waals surface area contributed by atoms with E-state index in [1.54, 1.807) is 13.0 Å². The van der Waals surface area contributed by atoms with Crippen LogP contribution in [0.2, 0.25) is 0 Å². The fourth-order valence-corrected chi connectivity index (χ4v) is 7.17. The number of aromatic nitrogens is 2. The van der Waals surface area contributed by atoms with E-state index < -0.39 is 23.7 Å². The van der Waals surface area contributed by atoms with Gasteiger partial charge in [-0.3, -0.25) is 14.5 Å². The molecule has 10 nitrogen and oxygen atoms in total. The number of carboxylic acid groups (broad SMARTS) is 1. The molecule has 1 amide bonds. The van der Waals surface area contributed by atoms with E-state index in [1.165, 1.54) is 36.3 Å². The Bertz CT molecular complexity index is 1410. The predicted octanol–water partition coefficient (Wildman–Crippen LogP) is 4.83. The first-order valence-electron chi connectivity index (χ1n) is 14.6. The first-order chi connectivity index (χ1) is 20.7. The summed E-state index contributed by atoms with van der Waals surface area (Å²) in [5.41, 5.74) is 1.46. The molecular formula is C30H37F3N6O4S. The number of hydrogen-bond donors (Lipinski definition) is 3. The number of piperidine rings is 2. The maximum absolute atomic E-state index is 13.2. The van der Waals surface area contributed by atoms with Crippen molar-refractivity contribution in [1.82, 2.24) is 25.5 Å². The summed E-state index contributed by atoms with van der Waals surface area (Å²) in [6.07, 6.45) is 1.28. The van der Waals surface area contributed by atoms with E-state index in [2.05, 4.69) is 44.1 Å². The maximum atomic E-state index is 13.2. The summed E-state index contributed by atoms with van der Waals surface area (Å²) in [7, 11) is 0. The molecule has 0 aliphatic carbocycles. The molecule has 1 aromatic heterocycles. The summed E-state index contributed by atoms with van der Waals surface area (Å²) in [4.78, 5) is 38.3. The molecule has 1 atom stereocenters. The van der Waals surface area contributed by atoms with Gasteiger partial charge in [-0.05, 0) is 68.3 Å². The zero-order valence-electron chi connectivity index (χ0n) is 24.9. The quantitative estimate of drug-likeness (QED) is 0.373. The molecule has 0 radical (unpaired) electrons. The van der Waals surface area contributed by atoms with Gasteiger partial charge in [-0.2, -0.15) is 0 Å². The highest BCUT2D eigenvalue weighted by molar-refractivity contribution is 8.04. The number of anilines is 1. The van der Waals surface area contributed by atoms with E-state index in [1.807, 2.05) is 4.90 Å². The van der Waals surface area contributed by atoms with Gasteiger partial charge >= 0.3 is 12.3 Å². The molecule has 0 spiro atoms. The number of aryl methyl sites for hydroxylation is 1. The third-order valence-electron chi connectivity index (χ3n) is 8.04.